The number of nitrogens with zero attached hydrogens (tertiary/aromatic N) is 3. The number of piperidine rings is 1. The van der Waals surface area contributed by atoms with Crippen LogP contribution in [0.25, 0.3) is 0 Å². The van der Waals surface area contributed by atoms with Gasteiger partial charge in [-0.15, -0.1) is 6.58 Å². The summed E-state index contributed by atoms with van der Waals surface area (Å²) in [7, 11) is 2.05. The third kappa shape index (κ3) is 9.57. The molecule has 0 unspecified atom stereocenters. The number of aliphatic hydroxyl groups is 1. The lowest BCUT2D eigenvalue weighted by Gasteiger charge is -2.50. The lowest BCUT2D eigenvalue weighted by molar-refractivity contribution is 0.105. The van der Waals surface area contributed by atoms with Crippen molar-refractivity contribution >= 4 is 5.84 Å². The van der Waals surface area contributed by atoms with Crippen molar-refractivity contribution in [3.63, 3.8) is 0 Å². The van der Waals surface area contributed by atoms with Crippen LogP contribution in [0.3, 0.4) is 0 Å². The Morgan fingerprint density at radius 1 is 1.27 bits per heavy atom. The van der Waals surface area contributed by atoms with Crippen LogP contribution < -0.4 is 10.1 Å². The number of amidine groups is 1. The molecule has 0 amide bonds. The number of allylic oxidation sites excluding steroid dienone is 6. The minimum atomic E-state index is -0.458. The molecule has 2 N–H and O–H groups in total. The average Bonchev–Trinajstić information content (AvgIpc) is 3.18. The zero-order valence-corrected chi connectivity index (χ0v) is 25.6. The molecule has 0 atom stereocenters. The summed E-state index contributed by atoms with van der Waals surface area (Å²) in [5.41, 5.74) is 1.61. The van der Waals surface area contributed by atoms with Crippen molar-refractivity contribution in [2.45, 2.75) is 96.4 Å². The molecule has 41 heavy (non-hydrogen) atoms. The maximum Gasteiger partial charge on any atom is 0.136 e. The molecule has 1 aromatic rings. The van der Waals surface area contributed by atoms with E-state index in [4.69, 9.17) is 4.74 Å². The first kappa shape index (κ1) is 32.6. The monoisotopic (exact) mass is 566 g/mol. The number of aliphatic hydroxyl groups excluding tert-OH is 1. The van der Waals surface area contributed by atoms with Gasteiger partial charge in [-0.3, -0.25) is 4.90 Å². The standard InChI is InChI=1S/C31H45FN4O2.C3H6/c1-24(2)38-29-15-9-10-25(20-29)22-36-18-16-31(17-19-36,35(3)28-14-8-7-11-26(32)21-28)30(33-23-37)34-27-12-5-4-6-13-27;1-3-2/h7-10,14-15,20-21,24,27,37H,4-6,11-13,16-19,22-23H2,1-3H3,(H,33,34);3H,1H2,2H3. The van der Waals surface area contributed by atoms with E-state index in [1.807, 2.05) is 52.1 Å². The minimum absolute atomic E-state index is 0.143. The summed E-state index contributed by atoms with van der Waals surface area (Å²) in [6.45, 7) is 11.6. The van der Waals surface area contributed by atoms with Crippen LogP contribution in [0.5, 0.6) is 5.75 Å². The smallest absolute Gasteiger partial charge is 0.136 e. The van der Waals surface area contributed by atoms with E-state index in [1.165, 1.54) is 24.8 Å². The van der Waals surface area contributed by atoms with Gasteiger partial charge in [-0.25, -0.2) is 9.38 Å². The second kappa shape index (κ2) is 16.5. The molecule has 1 saturated heterocycles. The number of rotatable bonds is 9. The third-order valence-corrected chi connectivity index (χ3v) is 8.03. The molecule has 4 rings (SSSR count). The van der Waals surface area contributed by atoms with Crippen LogP contribution in [-0.2, 0) is 6.54 Å². The Bertz CT molecular complexity index is 1080. The Morgan fingerprint density at radius 3 is 2.63 bits per heavy atom. The molecule has 3 aliphatic rings. The van der Waals surface area contributed by atoms with Crippen molar-refractivity contribution in [2.24, 2.45) is 4.99 Å². The van der Waals surface area contributed by atoms with Gasteiger partial charge in [0.1, 0.15) is 24.1 Å². The van der Waals surface area contributed by atoms with Gasteiger partial charge in [0, 0.05) is 44.8 Å². The molecule has 226 valence electrons. The van der Waals surface area contributed by atoms with Crippen LogP contribution >= 0.6 is 0 Å². The van der Waals surface area contributed by atoms with E-state index in [2.05, 4.69) is 44.9 Å². The summed E-state index contributed by atoms with van der Waals surface area (Å²) in [5.74, 6) is 1.60. The number of benzene rings is 1. The van der Waals surface area contributed by atoms with Gasteiger partial charge >= 0.3 is 0 Å². The van der Waals surface area contributed by atoms with Gasteiger partial charge in [0.15, 0.2) is 0 Å². The first-order chi connectivity index (χ1) is 19.8. The van der Waals surface area contributed by atoms with Gasteiger partial charge in [-0.05, 0) is 76.3 Å². The molecule has 2 aliphatic carbocycles. The minimum Gasteiger partial charge on any atom is -0.491 e. The fourth-order valence-corrected chi connectivity index (χ4v) is 5.97. The fraction of sp³-hybridized carbons (Fsp3) is 0.559. The first-order valence-corrected chi connectivity index (χ1v) is 15.2. The second-order valence-electron chi connectivity index (χ2n) is 11.5. The molecule has 1 saturated carbocycles. The van der Waals surface area contributed by atoms with E-state index in [0.29, 0.717) is 12.5 Å². The molecule has 0 radical (unpaired) electrons. The van der Waals surface area contributed by atoms with E-state index in [1.54, 1.807) is 12.2 Å². The van der Waals surface area contributed by atoms with Crippen molar-refractivity contribution in [1.82, 2.24) is 15.1 Å². The number of likely N-dealkylation sites (tertiary alicyclic amines) is 1. The Balaban J connectivity index is 0.00000147. The zero-order valence-electron chi connectivity index (χ0n) is 25.6. The molecule has 0 spiro atoms. The highest BCUT2D eigenvalue weighted by Gasteiger charge is 2.44. The normalized spacial score (nSPS) is 19.8. The van der Waals surface area contributed by atoms with Gasteiger partial charge < -0.3 is 20.1 Å². The summed E-state index contributed by atoms with van der Waals surface area (Å²) >= 11 is 0. The van der Waals surface area contributed by atoms with Crippen LogP contribution in [0.1, 0.15) is 77.7 Å². The molecule has 1 aromatic carbocycles. The Morgan fingerprint density at radius 2 is 1.98 bits per heavy atom. The molecule has 2 fully saturated rings. The number of hydrogen-bond donors (Lipinski definition) is 2. The summed E-state index contributed by atoms with van der Waals surface area (Å²) < 4.78 is 20.4. The van der Waals surface area contributed by atoms with Gasteiger partial charge in [-0.1, -0.05) is 49.6 Å². The van der Waals surface area contributed by atoms with E-state index in [-0.39, 0.29) is 18.7 Å². The highest BCUT2D eigenvalue weighted by atomic mass is 19.1. The van der Waals surface area contributed by atoms with Crippen molar-refractivity contribution in [2.75, 3.05) is 26.9 Å². The van der Waals surface area contributed by atoms with Crippen LogP contribution in [0, 0.1) is 0 Å². The SMILES string of the molecule is C=CC.CC(C)Oc1cccc(CN2CCC(/C(=N\CO)NC3CCCCC3)(N(C)C3=CC=CCC(F)=C3)CC2)c1. The third-order valence-electron chi connectivity index (χ3n) is 8.03. The highest BCUT2D eigenvalue weighted by molar-refractivity contribution is 5.92. The molecular formula is C34H51FN4O2. The summed E-state index contributed by atoms with van der Waals surface area (Å²) in [4.78, 5) is 9.31. The van der Waals surface area contributed by atoms with E-state index in [9.17, 15) is 9.50 Å². The molecule has 0 aromatic heterocycles. The largest absolute Gasteiger partial charge is 0.491 e. The first-order valence-electron chi connectivity index (χ1n) is 15.2. The van der Waals surface area contributed by atoms with Crippen LogP contribution in [0.2, 0.25) is 0 Å². The summed E-state index contributed by atoms with van der Waals surface area (Å²) in [6, 6.07) is 8.71. The molecular weight excluding hydrogens is 515 g/mol. The topological polar surface area (TPSA) is 60.3 Å². The number of aliphatic imine (C=N–C) groups is 1. The molecule has 7 heteroatoms. The predicted molar refractivity (Wildman–Crippen MR) is 169 cm³/mol. The molecule has 1 heterocycles. The predicted octanol–water partition coefficient (Wildman–Crippen LogP) is 6.90. The van der Waals surface area contributed by atoms with Crippen molar-refractivity contribution in [3.05, 3.63) is 78.3 Å². The van der Waals surface area contributed by atoms with Crippen LogP contribution in [0.4, 0.5) is 4.39 Å². The van der Waals surface area contributed by atoms with Gasteiger partial charge in [0.25, 0.3) is 0 Å². The zero-order chi connectivity index (χ0) is 29.7. The van der Waals surface area contributed by atoms with Crippen LogP contribution in [0.15, 0.2) is 77.7 Å². The molecule has 6 nitrogen and oxygen atoms in total. The lowest BCUT2D eigenvalue weighted by Crippen LogP contribution is -2.63. The van der Waals surface area contributed by atoms with Crippen molar-refractivity contribution in [3.8, 4) is 5.75 Å². The lowest BCUT2D eigenvalue weighted by atomic mass is 9.82. The second-order valence-corrected chi connectivity index (χ2v) is 11.5. The quantitative estimate of drug-likeness (QED) is 0.193. The number of halogens is 1. The fourth-order valence-electron chi connectivity index (χ4n) is 5.97. The summed E-state index contributed by atoms with van der Waals surface area (Å²) in [6.07, 6.45) is 17.2. The van der Waals surface area contributed by atoms with Gasteiger partial charge in [0.2, 0.25) is 0 Å². The maximum absolute atomic E-state index is 14.5. The highest BCUT2D eigenvalue weighted by Crippen LogP contribution is 2.35. The van der Waals surface area contributed by atoms with E-state index in [0.717, 1.165) is 62.6 Å². The maximum atomic E-state index is 14.5. The molecule has 0 bridgehead atoms. The average molecular weight is 567 g/mol. The Kier molecular flexibility index (Phi) is 13.1. The van der Waals surface area contributed by atoms with Gasteiger partial charge in [0.05, 0.1) is 11.6 Å². The van der Waals surface area contributed by atoms with E-state index >= 15 is 0 Å². The Hall–Kier alpha value is -2.90. The summed E-state index contributed by atoms with van der Waals surface area (Å²) in [5, 5.41) is 13.7. The molecule has 1 aliphatic heterocycles. The van der Waals surface area contributed by atoms with Crippen molar-refractivity contribution < 1.29 is 14.2 Å². The van der Waals surface area contributed by atoms with Crippen LogP contribution in [-0.4, -0.2) is 65.3 Å². The number of ether oxygens (including phenoxy) is 1. The Labute approximate surface area is 247 Å². The number of nitrogens with one attached hydrogen (secondary N) is 1. The number of hydrogen-bond acceptors (Lipinski definition) is 5. The van der Waals surface area contributed by atoms with Crippen molar-refractivity contribution in [1.29, 1.82) is 0 Å². The number of likely N-dealkylation sites (N-methyl/N-ethyl adjacent to an activating group) is 1. The van der Waals surface area contributed by atoms with Gasteiger partial charge in [-0.2, -0.15) is 0 Å². The van der Waals surface area contributed by atoms with E-state index < -0.39 is 5.54 Å².